The van der Waals surface area contributed by atoms with E-state index in [1.165, 1.54) is 19.2 Å². The SMILES string of the molecule is COc1cc(N(C)CCCC(=O)O)cc([N+](=O)[O-])c1. The van der Waals surface area contributed by atoms with Crippen LogP contribution in [0, 0.1) is 10.1 Å². The molecule has 0 aliphatic carbocycles. The van der Waals surface area contributed by atoms with E-state index in [1.807, 2.05) is 0 Å². The highest BCUT2D eigenvalue weighted by atomic mass is 16.6. The second-order valence-electron chi connectivity index (χ2n) is 4.07. The molecule has 0 unspecified atom stereocenters. The Hall–Kier alpha value is -2.31. The minimum Gasteiger partial charge on any atom is -0.496 e. The summed E-state index contributed by atoms with van der Waals surface area (Å²) in [5.74, 6) is -0.459. The third kappa shape index (κ3) is 4.46. The number of carboxylic acids is 1. The van der Waals surface area contributed by atoms with Crippen LogP contribution in [0.2, 0.25) is 0 Å². The van der Waals surface area contributed by atoms with E-state index >= 15 is 0 Å². The first kappa shape index (κ1) is 14.7. The maximum absolute atomic E-state index is 10.8. The first-order valence-corrected chi connectivity index (χ1v) is 5.70. The number of benzene rings is 1. The second-order valence-corrected chi connectivity index (χ2v) is 4.07. The van der Waals surface area contributed by atoms with Gasteiger partial charge in [0.2, 0.25) is 0 Å². The zero-order valence-electron chi connectivity index (χ0n) is 10.8. The molecule has 0 aromatic heterocycles. The largest absolute Gasteiger partial charge is 0.496 e. The highest BCUT2D eigenvalue weighted by Crippen LogP contribution is 2.27. The molecular formula is C12H16N2O5. The van der Waals surface area contributed by atoms with Gasteiger partial charge in [0.05, 0.1) is 18.1 Å². The summed E-state index contributed by atoms with van der Waals surface area (Å²) >= 11 is 0. The van der Waals surface area contributed by atoms with E-state index in [-0.39, 0.29) is 12.1 Å². The molecule has 104 valence electrons. The molecule has 0 aliphatic heterocycles. The zero-order chi connectivity index (χ0) is 14.4. The van der Waals surface area contributed by atoms with Gasteiger partial charge < -0.3 is 14.7 Å². The van der Waals surface area contributed by atoms with Crippen LogP contribution in [-0.4, -0.2) is 36.7 Å². The van der Waals surface area contributed by atoms with E-state index in [0.29, 0.717) is 24.4 Å². The highest BCUT2D eigenvalue weighted by Gasteiger charge is 2.12. The number of hydrogen-bond acceptors (Lipinski definition) is 5. The van der Waals surface area contributed by atoms with Gasteiger partial charge in [-0.2, -0.15) is 0 Å². The fourth-order valence-corrected chi connectivity index (χ4v) is 1.61. The molecule has 1 rings (SSSR count). The average molecular weight is 268 g/mol. The van der Waals surface area contributed by atoms with Gasteiger partial charge in [-0.25, -0.2) is 0 Å². The number of nitro groups is 1. The van der Waals surface area contributed by atoms with E-state index in [1.54, 1.807) is 18.0 Å². The summed E-state index contributed by atoms with van der Waals surface area (Å²) in [6.07, 6.45) is 0.535. The number of carboxylic acid groups (broad SMARTS) is 1. The number of hydrogen-bond donors (Lipinski definition) is 1. The Morgan fingerprint density at radius 1 is 1.47 bits per heavy atom. The summed E-state index contributed by atoms with van der Waals surface area (Å²) in [6, 6.07) is 4.45. The second kappa shape index (κ2) is 6.58. The lowest BCUT2D eigenvalue weighted by atomic mass is 10.2. The first-order chi connectivity index (χ1) is 8.93. The Morgan fingerprint density at radius 3 is 2.68 bits per heavy atom. The van der Waals surface area contributed by atoms with Gasteiger partial charge in [0.25, 0.3) is 5.69 Å². The molecule has 0 heterocycles. The van der Waals surface area contributed by atoms with Crippen LogP contribution >= 0.6 is 0 Å². The van der Waals surface area contributed by atoms with Crippen LogP contribution < -0.4 is 9.64 Å². The van der Waals surface area contributed by atoms with Crippen molar-refractivity contribution in [2.45, 2.75) is 12.8 Å². The minimum absolute atomic E-state index is 0.0561. The fraction of sp³-hybridized carbons (Fsp3) is 0.417. The highest BCUT2D eigenvalue weighted by molar-refractivity contribution is 5.66. The predicted molar refractivity (Wildman–Crippen MR) is 69.8 cm³/mol. The summed E-state index contributed by atoms with van der Waals surface area (Å²) in [5, 5.41) is 19.4. The van der Waals surface area contributed by atoms with Crippen LogP contribution in [-0.2, 0) is 4.79 Å². The number of carbonyl (C=O) groups is 1. The Kier molecular flexibility index (Phi) is 5.11. The molecule has 0 bridgehead atoms. The number of anilines is 1. The third-order valence-electron chi connectivity index (χ3n) is 2.65. The van der Waals surface area contributed by atoms with Gasteiger partial charge >= 0.3 is 5.97 Å². The van der Waals surface area contributed by atoms with Gasteiger partial charge in [0, 0.05) is 37.8 Å². The normalized spacial score (nSPS) is 10.0. The molecule has 0 saturated heterocycles. The van der Waals surface area contributed by atoms with Crippen molar-refractivity contribution in [3.05, 3.63) is 28.3 Å². The van der Waals surface area contributed by atoms with E-state index in [2.05, 4.69) is 0 Å². The lowest BCUT2D eigenvalue weighted by Gasteiger charge is -2.19. The van der Waals surface area contributed by atoms with Crippen molar-refractivity contribution in [3.63, 3.8) is 0 Å². The van der Waals surface area contributed by atoms with Crippen LogP contribution in [0.15, 0.2) is 18.2 Å². The van der Waals surface area contributed by atoms with E-state index in [0.717, 1.165) is 0 Å². The topological polar surface area (TPSA) is 92.9 Å². The van der Waals surface area contributed by atoms with Crippen LogP contribution in [0.1, 0.15) is 12.8 Å². The molecule has 0 amide bonds. The van der Waals surface area contributed by atoms with Crippen molar-refractivity contribution in [1.29, 1.82) is 0 Å². The lowest BCUT2D eigenvalue weighted by Crippen LogP contribution is -2.19. The molecule has 0 saturated carbocycles. The molecule has 7 heteroatoms. The Morgan fingerprint density at radius 2 is 2.16 bits per heavy atom. The van der Waals surface area contributed by atoms with E-state index in [4.69, 9.17) is 9.84 Å². The number of methoxy groups -OCH3 is 1. The van der Waals surface area contributed by atoms with Crippen molar-refractivity contribution in [3.8, 4) is 5.75 Å². The molecule has 0 atom stereocenters. The molecule has 1 aromatic rings. The van der Waals surface area contributed by atoms with Gasteiger partial charge in [-0.15, -0.1) is 0 Å². The Balaban J connectivity index is 2.83. The van der Waals surface area contributed by atoms with Gasteiger partial charge in [-0.3, -0.25) is 14.9 Å². The molecule has 1 aromatic carbocycles. The molecule has 19 heavy (non-hydrogen) atoms. The standard InChI is InChI=1S/C12H16N2O5/c1-13(5-3-4-12(15)16)9-6-10(14(17)18)8-11(7-9)19-2/h6-8H,3-5H2,1-2H3,(H,15,16). The van der Waals surface area contributed by atoms with Crippen LogP contribution in [0.25, 0.3) is 0 Å². The van der Waals surface area contributed by atoms with Gasteiger partial charge in [0.15, 0.2) is 0 Å². The monoisotopic (exact) mass is 268 g/mol. The number of ether oxygens (including phenoxy) is 1. The predicted octanol–water partition coefficient (Wildman–Crippen LogP) is 1.90. The van der Waals surface area contributed by atoms with Gasteiger partial charge in [-0.1, -0.05) is 0 Å². The number of non-ortho nitro benzene ring substituents is 1. The quantitative estimate of drug-likeness (QED) is 0.599. The van der Waals surface area contributed by atoms with Crippen molar-refractivity contribution < 1.29 is 19.6 Å². The smallest absolute Gasteiger partial charge is 0.303 e. The molecule has 7 nitrogen and oxygen atoms in total. The molecule has 1 N–H and O–H groups in total. The molecule has 0 fully saturated rings. The zero-order valence-corrected chi connectivity index (χ0v) is 10.8. The first-order valence-electron chi connectivity index (χ1n) is 5.70. The fourth-order valence-electron chi connectivity index (χ4n) is 1.61. The lowest BCUT2D eigenvalue weighted by molar-refractivity contribution is -0.384. The minimum atomic E-state index is -0.856. The molecular weight excluding hydrogens is 252 g/mol. The van der Waals surface area contributed by atoms with Crippen LogP contribution in [0.3, 0.4) is 0 Å². The van der Waals surface area contributed by atoms with Gasteiger partial charge in [-0.05, 0) is 6.42 Å². The summed E-state index contributed by atoms with van der Waals surface area (Å²) < 4.78 is 5.01. The molecule has 0 radical (unpaired) electrons. The van der Waals surface area contributed by atoms with Crippen molar-refractivity contribution in [1.82, 2.24) is 0 Å². The average Bonchev–Trinajstić information content (AvgIpc) is 2.37. The van der Waals surface area contributed by atoms with Gasteiger partial charge in [0.1, 0.15) is 5.75 Å². The number of nitro benzene ring substituents is 1. The molecule has 0 spiro atoms. The summed E-state index contributed by atoms with van der Waals surface area (Å²) in [6.45, 7) is 0.497. The summed E-state index contributed by atoms with van der Waals surface area (Å²) in [7, 11) is 3.19. The maximum Gasteiger partial charge on any atom is 0.303 e. The summed E-state index contributed by atoms with van der Waals surface area (Å²) in [5.41, 5.74) is 0.566. The number of nitrogens with zero attached hydrogens (tertiary/aromatic N) is 2. The van der Waals surface area contributed by atoms with Crippen molar-refractivity contribution in [2.75, 3.05) is 25.6 Å². The Bertz CT molecular complexity index is 475. The number of rotatable bonds is 7. The van der Waals surface area contributed by atoms with Crippen molar-refractivity contribution >= 4 is 17.3 Å². The maximum atomic E-state index is 10.8. The number of aliphatic carboxylic acids is 1. The van der Waals surface area contributed by atoms with E-state index in [9.17, 15) is 14.9 Å². The third-order valence-corrected chi connectivity index (χ3v) is 2.65. The van der Waals surface area contributed by atoms with Crippen LogP contribution in [0.4, 0.5) is 11.4 Å². The van der Waals surface area contributed by atoms with Crippen LogP contribution in [0.5, 0.6) is 5.75 Å². The molecule has 0 aliphatic rings. The Labute approximate surface area is 110 Å². The van der Waals surface area contributed by atoms with E-state index < -0.39 is 10.9 Å². The van der Waals surface area contributed by atoms with Crippen molar-refractivity contribution in [2.24, 2.45) is 0 Å². The summed E-state index contributed by atoms with van der Waals surface area (Å²) in [4.78, 5) is 22.5.